The second-order valence-electron chi connectivity index (χ2n) is 5.55. The Morgan fingerprint density at radius 3 is 2.65 bits per heavy atom. The quantitative estimate of drug-likeness (QED) is 0.791. The summed E-state index contributed by atoms with van der Waals surface area (Å²) in [5.41, 5.74) is 5.65. The zero-order valence-electron chi connectivity index (χ0n) is 10.9. The maximum absolute atomic E-state index is 12.5. The molecule has 2 aliphatic rings. The molecule has 1 aliphatic heterocycles. The van der Waals surface area contributed by atoms with Crippen molar-refractivity contribution in [2.24, 2.45) is 5.73 Å². The van der Waals surface area contributed by atoms with Crippen LogP contribution in [0.2, 0.25) is 0 Å². The van der Waals surface area contributed by atoms with Gasteiger partial charge in [0.2, 0.25) is 5.91 Å². The summed E-state index contributed by atoms with van der Waals surface area (Å²) in [4.78, 5) is 14.4. The number of morpholine rings is 1. The Morgan fingerprint density at radius 2 is 2.06 bits per heavy atom. The highest BCUT2D eigenvalue weighted by Gasteiger charge is 2.41. The van der Waals surface area contributed by atoms with E-state index < -0.39 is 5.54 Å². The maximum atomic E-state index is 12.5. The molecule has 0 aromatic rings. The first-order valence-corrected chi connectivity index (χ1v) is 6.79. The molecule has 0 spiro atoms. The van der Waals surface area contributed by atoms with Crippen LogP contribution in [-0.4, -0.2) is 41.6 Å². The summed E-state index contributed by atoms with van der Waals surface area (Å²) in [5, 5.41) is 0. The summed E-state index contributed by atoms with van der Waals surface area (Å²) in [6.45, 7) is 5.52. The van der Waals surface area contributed by atoms with Crippen molar-refractivity contribution in [1.82, 2.24) is 4.90 Å². The number of amides is 1. The Kier molecular flexibility index (Phi) is 3.73. The molecule has 1 aliphatic carbocycles. The topological polar surface area (TPSA) is 55.6 Å². The number of hydrogen-bond acceptors (Lipinski definition) is 3. The molecule has 2 rings (SSSR count). The van der Waals surface area contributed by atoms with E-state index in [1.165, 1.54) is 0 Å². The van der Waals surface area contributed by atoms with Gasteiger partial charge in [-0.15, -0.1) is 0 Å². The molecule has 1 amide bonds. The molecule has 1 heterocycles. The molecule has 1 saturated carbocycles. The summed E-state index contributed by atoms with van der Waals surface area (Å²) in [7, 11) is 0. The highest BCUT2D eigenvalue weighted by molar-refractivity contribution is 5.86. The minimum atomic E-state index is -0.588. The van der Waals surface area contributed by atoms with Gasteiger partial charge in [0.25, 0.3) is 0 Å². The smallest absolute Gasteiger partial charge is 0.242 e. The van der Waals surface area contributed by atoms with Crippen LogP contribution in [0.5, 0.6) is 0 Å². The first-order chi connectivity index (χ1) is 8.05. The third kappa shape index (κ3) is 2.63. The predicted octanol–water partition coefficient (Wildman–Crippen LogP) is 1.28. The van der Waals surface area contributed by atoms with Gasteiger partial charge in [0.1, 0.15) is 0 Å². The molecule has 17 heavy (non-hydrogen) atoms. The maximum Gasteiger partial charge on any atom is 0.242 e. The number of ether oxygens (including phenoxy) is 1. The van der Waals surface area contributed by atoms with E-state index in [0.717, 1.165) is 32.1 Å². The lowest BCUT2D eigenvalue weighted by atomic mass is 9.96. The number of rotatable bonds is 2. The molecule has 0 bridgehead atoms. The third-order valence-electron chi connectivity index (χ3n) is 3.99. The first kappa shape index (κ1) is 12.8. The molecular weight excluding hydrogens is 216 g/mol. The highest BCUT2D eigenvalue weighted by Crippen LogP contribution is 2.30. The average molecular weight is 240 g/mol. The van der Waals surface area contributed by atoms with E-state index in [9.17, 15) is 4.79 Å². The van der Waals surface area contributed by atoms with Gasteiger partial charge in [-0.05, 0) is 26.2 Å². The molecule has 0 radical (unpaired) electrons. The van der Waals surface area contributed by atoms with E-state index in [0.29, 0.717) is 13.1 Å². The zero-order valence-corrected chi connectivity index (χ0v) is 10.9. The summed E-state index contributed by atoms with van der Waals surface area (Å²) >= 11 is 0. The van der Waals surface area contributed by atoms with Gasteiger partial charge in [0.15, 0.2) is 0 Å². The van der Waals surface area contributed by atoms with E-state index in [2.05, 4.69) is 6.92 Å². The van der Waals surface area contributed by atoms with E-state index >= 15 is 0 Å². The van der Waals surface area contributed by atoms with Crippen LogP contribution < -0.4 is 5.73 Å². The van der Waals surface area contributed by atoms with Crippen molar-refractivity contribution in [3.63, 3.8) is 0 Å². The number of nitrogens with two attached hydrogens (primary N) is 1. The largest absolute Gasteiger partial charge is 0.372 e. The lowest BCUT2D eigenvalue weighted by molar-refractivity contribution is -0.149. The SMILES string of the molecule is CCC1CN(C(=O)C2(N)CCCC2)CC(C)O1. The van der Waals surface area contributed by atoms with Crippen LogP contribution in [0.4, 0.5) is 0 Å². The fourth-order valence-electron chi connectivity index (χ4n) is 2.97. The van der Waals surface area contributed by atoms with Crippen molar-refractivity contribution < 1.29 is 9.53 Å². The summed E-state index contributed by atoms with van der Waals surface area (Å²) in [6.07, 6.45) is 5.10. The van der Waals surface area contributed by atoms with Crippen molar-refractivity contribution in [3.8, 4) is 0 Å². The number of carbonyl (C=O) groups excluding carboxylic acids is 1. The van der Waals surface area contributed by atoms with E-state index in [1.54, 1.807) is 0 Å². The van der Waals surface area contributed by atoms with Gasteiger partial charge in [-0.2, -0.15) is 0 Å². The van der Waals surface area contributed by atoms with Crippen LogP contribution in [0.25, 0.3) is 0 Å². The monoisotopic (exact) mass is 240 g/mol. The minimum Gasteiger partial charge on any atom is -0.372 e. The Morgan fingerprint density at radius 1 is 1.41 bits per heavy atom. The van der Waals surface area contributed by atoms with Crippen LogP contribution in [0.1, 0.15) is 46.0 Å². The van der Waals surface area contributed by atoms with Crippen LogP contribution in [0.15, 0.2) is 0 Å². The van der Waals surface area contributed by atoms with Gasteiger partial charge in [-0.1, -0.05) is 19.8 Å². The molecular formula is C13H24N2O2. The van der Waals surface area contributed by atoms with Crippen LogP contribution >= 0.6 is 0 Å². The summed E-state index contributed by atoms with van der Waals surface area (Å²) < 4.78 is 5.78. The molecule has 1 saturated heterocycles. The Labute approximate surface area is 103 Å². The van der Waals surface area contributed by atoms with Gasteiger partial charge in [-0.3, -0.25) is 4.79 Å². The van der Waals surface area contributed by atoms with Crippen molar-refractivity contribution in [2.75, 3.05) is 13.1 Å². The molecule has 0 aromatic carbocycles. The van der Waals surface area contributed by atoms with Crippen LogP contribution in [0.3, 0.4) is 0 Å². The van der Waals surface area contributed by atoms with Crippen molar-refractivity contribution in [2.45, 2.75) is 63.7 Å². The lowest BCUT2D eigenvalue weighted by Gasteiger charge is -2.40. The highest BCUT2D eigenvalue weighted by atomic mass is 16.5. The van der Waals surface area contributed by atoms with Crippen molar-refractivity contribution in [1.29, 1.82) is 0 Å². The van der Waals surface area contributed by atoms with Gasteiger partial charge < -0.3 is 15.4 Å². The Balaban J connectivity index is 2.03. The molecule has 4 heteroatoms. The van der Waals surface area contributed by atoms with Gasteiger partial charge >= 0.3 is 0 Å². The van der Waals surface area contributed by atoms with E-state index in [-0.39, 0.29) is 18.1 Å². The molecule has 2 unspecified atom stereocenters. The van der Waals surface area contributed by atoms with Crippen molar-refractivity contribution >= 4 is 5.91 Å². The first-order valence-electron chi connectivity index (χ1n) is 6.79. The number of hydrogen-bond donors (Lipinski definition) is 1. The second kappa shape index (κ2) is 4.94. The molecule has 2 fully saturated rings. The molecule has 4 nitrogen and oxygen atoms in total. The molecule has 98 valence electrons. The molecule has 2 N–H and O–H groups in total. The normalized spacial score (nSPS) is 32.8. The minimum absolute atomic E-state index is 0.127. The van der Waals surface area contributed by atoms with Crippen molar-refractivity contribution in [3.05, 3.63) is 0 Å². The second-order valence-corrected chi connectivity index (χ2v) is 5.55. The Bertz CT molecular complexity index is 287. The van der Waals surface area contributed by atoms with Gasteiger partial charge in [0, 0.05) is 13.1 Å². The molecule has 2 atom stereocenters. The third-order valence-corrected chi connectivity index (χ3v) is 3.99. The standard InChI is InChI=1S/C13H24N2O2/c1-3-11-9-15(8-10(2)17-11)12(16)13(14)6-4-5-7-13/h10-11H,3-9,14H2,1-2H3. The van der Waals surface area contributed by atoms with E-state index in [1.807, 2.05) is 11.8 Å². The van der Waals surface area contributed by atoms with Gasteiger partial charge in [0.05, 0.1) is 17.7 Å². The fourth-order valence-corrected chi connectivity index (χ4v) is 2.97. The average Bonchev–Trinajstić information content (AvgIpc) is 2.75. The summed E-state index contributed by atoms with van der Waals surface area (Å²) in [5.74, 6) is 0.142. The van der Waals surface area contributed by atoms with Crippen LogP contribution in [0, 0.1) is 0 Å². The fraction of sp³-hybridized carbons (Fsp3) is 0.923. The number of nitrogens with zero attached hydrogens (tertiary/aromatic N) is 1. The zero-order chi connectivity index (χ0) is 12.5. The lowest BCUT2D eigenvalue weighted by Crippen LogP contribution is -2.58. The summed E-state index contributed by atoms with van der Waals surface area (Å²) in [6, 6.07) is 0. The predicted molar refractivity (Wildman–Crippen MR) is 66.6 cm³/mol. The molecule has 0 aromatic heterocycles. The van der Waals surface area contributed by atoms with Gasteiger partial charge in [-0.25, -0.2) is 0 Å². The Hall–Kier alpha value is -0.610. The van der Waals surface area contributed by atoms with E-state index in [4.69, 9.17) is 10.5 Å². The van der Waals surface area contributed by atoms with Crippen LogP contribution in [-0.2, 0) is 9.53 Å². The number of carbonyl (C=O) groups is 1.